The Morgan fingerprint density at radius 1 is 0.880 bits per heavy atom. The Morgan fingerprint density at radius 2 is 1.60 bits per heavy atom. The summed E-state index contributed by atoms with van der Waals surface area (Å²) in [6.45, 7) is 0. The van der Waals surface area contributed by atoms with Crippen molar-refractivity contribution in [3.63, 3.8) is 0 Å². The molecule has 2 aliphatic rings. The molecule has 3 heteroatoms. The molecule has 2 nitrogen and oxygen atoms in total. The fourth-order valence-electron chi connectivity index (χ4n) is 3.97. The Labute approximate surface area is 151 Å². The summed E-state index contributed by atoms with van der Waals surface area (Å²) in [5.41, 5.74) is 6.15. The summed E-state index contributed by atoms with van der Waals surface area (Å²) in [6, 6.07) is 23.1. The predicted octanol–water partition coefficient (Wildman–Crippen LogP) is 5.92. The Balaban J connectivity index is 1.62. The van der Waals surface area contributed by atoms with Crippen molar-refractivity contribution in [2.75, 3.05) is 0 Å². The van der Waals surface area contributed by atoms with Gasteiger partial charge in [0.1, 0.15) is 5.69 Å². The maximum absolute atomic E-state index is 5.84. The zero-order chi connectivity index (χ0) is 16.6. The van der Waals surface area contributed by atoms with Crippen molar-refractivity contribution in [2.45, 2.75) is 29.8 Å². The van der Waals surface area contributed by atoms with Crippen LogP contribution in [0.1, 0.15) is 30.6 Å². The van der Waals surface area contributed by atoms with Crippen LogP contribution in [0.4, 0.5) is 0 Å². The number of fused-ring (bicyclic) bond motifs is 2. The fourth-order valence-corrected chi connectivity index (χ4v) is 5.63. The van der Waals surface area contributed by atoms with Gasteiger partial charge in [-0.1, -0.05) is 65.8 Å². The number of hydrogen-bond donors (Lipinski definition) is 0. The lowest BCUT2D eigenvalue weighted by Gasteiger charge is -2.25. The highest BCUT2D eigenvalue weighted by molar-refractivity contribution is 8.01. The number of rotatable bonds is 3. The molecule has 2 atom stereocenters. The molecule has 0 radical (unpaired) electrons. The summed E-state index contributed by atoms with van der Waals surface area (Å²) in [7, 11) is 0. The molecule has 3 aromatic rings. The number of thioether (sulfide) groups is 1. The van der Waals surface area contributed by atoms with Crippen molar-refractivity contribution in [1.82, 2.24) is 5.16 Å². The van der Waals surface area contributed by atoms with Crippen LogP contribution in [0.3, 0.4) is 0 Å². The molecule has 2 aliphatic heterocycles. The summed E-state index contributed by atoms with van der Waals surface area (Å²) in [6.07, 6.45) is 3.67. The van der Waals surface area contributed by atoms with E-state index in [1.807, 2.05) is 18.2 Å². The Morgan fingerprint density at radius 3 is 2.36 bits per heavy atom. The number of hydrogen-bond acceptors (Lipinski definition) is 3. The first-order chi connectivity index (χ1) is 12.4. The van der Waals surface area contributed by atoms with Crippen LogP contribution in [-0.4, -0.2) is 15.7 Å². The van der Waals surface area contributed by atoms with E-state index in [1.165, 1.54) is 29.6 Å². The second-order valence-corrected chi connectivity index (χ2v) is 8.24. The summed E-state index contributed by atoms with van der Waals surface area (Å²) >= 11 is 2.11. The smallest absolute Gasteiger partial charge is 0.164 e. The standard InChI is InChI=1S/C22H19NOS/c1-3-7-15(8-4-1)18-13-17-11-12-21(25-17)22(18)20-14-19(23-24-20)16-9-5-2-6-10-16/h1-10,14,17,21H,11-13H2. The first-order valence-electron chi connectivity index (χ1n) is 8.85. The van der Waals surface area contributed by atoms with Crippen LogP contribution in [0.2, 0.25) is 0 Å². The van der Waals surface area contributed by atoms with Crippen LogP contribution in [0, 0.1) is 0 Å². The van der Waals surface area contributed by atoms with Gasteiger partial charge < -0.3 is 4.52 Å². The monoisotopic (exact) mass is 345 g/mol. The van der Waals surface area contributed by atoms with E-state index in [0.29, 0.717) is 5.25 Å². The Kier molecular flexibility index (Phi) is 3.75. The van der Waals surface area contributed by atoms with Gasteiger partial charge in [0.15, 0.2) is 5.76 Å². The molecule has 3 heterocycles. The van der Waals surface area contributed by atoms with Crippen molar-refractivity contribution in [2.24, 2.45) is 0 Å². The van der Waals surface area contributed by atoms with E-state index < -0.39 is 0 Å². The third-order valence-corrected chi connectivity index (χ3v) is 6.74. The highest BCUT2D eigenvalue weighted by Gasteiger charge is 2.37. The Hall–Kier alpha value is -2.26. The largest absolute Gasteiger partial charge is 0.356 e. The predicted molar refractivity (Wildman–Crippen MR) is 104 cm³/mol. The molecule has 1 aromatic heterocycles. The third-order valence-electron chi connectivity index (χ3n) is 5.15. The van der Waals surface area contributed by atoms with Gasteiger partial charge in [-0.05, 0) is 30.4 Å². The summed E-state index contributed by atoms with van der Waals surface area (Å²) < 4.78 is 5.84. The minimum atomic E-state index is 0.533. The molecular formula is C22H19NOS. The summed E-state index contributed by atoms with van der Waals surface area (Å²) in [4.78, 5) is 0. The third kappa shape index (κ3) is 2.73. The summed E-state index contributed by atoms with van der Waals surface area (Å²) in [5, 5.41) is 5.64. The summed E-state index contributed by atoms with van der Waals surface area (Å²) in [5.74, 6) is 0.940. The molecule has 25 heavy (non-hydrogen) atoms. The zero-order valence-corrected chi connectivity index (χ0v) is 14.7. The van der Waals surface area contributed by atoms with E-state index in [0.717, 1.165) is 28.7 Å². The van der Waals surface area contributed by atoms with Crippen LogP contribution in [-0.2, 0) is 0 Å². The molecule has 1 saturated heterocycles. The number of nitrogens with zero attached hydrogens (tertiary/aromatic N) is 1. The number of allylic oxidation sites excluding steroid dienone is 1. The molecule has 0 spiro atoms. The van der Waals surface area contributed by atoms with Crippen LogP contribution < -0.4 is 0 Å². The lowest BCUT2D eigenvalue weighted by molar-refractivity contribution is 0.411. The highest BCUT2D eigenvalue weighted by Crippen LogP contribution is 2.52. The normalized spacial score (nSPS) is 22.4. The van der Waals surface area contributed by atoms with Crippen LogP contribution >= 0.6 is 11.8 Å². The van der Waals surface area contributed by atoms with Gasteiger partial charge in [0.05, 0.1) is 0 Å². The fraction of sp³-hybridized carbons (Fsp3) is 0.227. The van der Waals surface area contributed by atoms with Gasteiger partial charge in [0, 0.05) is 27.7 Å². The molecule has 5 rings (SSSR count). The minimum Gasteiger partial charge on any atom is -0.356 e. The van der Waals surface area contributed by atoms with Gasteiger partial charge in [-0.3, -0.25) is 0 Å². The molecule has 1 fully saturated rings. The van der Waals surface area contributed by atoms with E-state index in [9.17, 15) is 0 Å². The van der Waals surface area contributed by atoms with Gasteiger partial charge >= 0.3 is 0 Å². The molecule has 2 unspecified atom stereocenters. The van der Waals surface area contributed by atoms with E-state index in [1.54, 1.807) is 0 Å². The van der Waals surface area contributed by atoms with Gasteiger partial charge in [0.25, 0.3) is 0 Å². The molecule has 0 amide bonds. The number of aromatic nitrogens is 1. The molecule has 2 aromatic carbocycles. The quantitative estimate of drug-likeness (QED) is 0.589. The zero-order valence-electron chi connectivity index (χ0n) is 13.9. The lowest BCUT2D eigenvalue weighted by atomic mass is 9.93. The SMILES string of the molecule is c1ccc(C2=C(c3cc(-c4ccccc4)no3)C3CCC(C2)S3)cc1. The lowest BCUT2D eigenvalue weighted by Crippen LogP contribution is -2.11. The van der Waals surface area contributed by atoms with E-state index >= 15 is 0 Å². The topological polar surface area (TPSA) is 26.0 Å². The van der Waals surface area contributed by atoms with Gasteiger partial charge in [-0.2, -0.15) is 0 Å². The van der Waals surface area contributed by atoms with Gasteiger partial charge in [-0.25, -0.2) is 0 Å². The van der Waals surface area contributed by atoms with Crippen molar-refractivity contribution in [3.05, 3.63) is 78.1 Å². The van der Waals surface area contributed by atoms with Crippen molar-refractivity contribution < 1.29 is 4.52 Å². The maximum atomic E-state index is 5.84. The molecule has 0 N–H and O–H groups in total. The Bertz CT molecular complexity index is 913. The minimum absolute atomic E-state index is 0.533. The van der Waals surface area contributed by atoms with Crippen molar-refractivity contribution >= 4 is 22.9 Å². The first kappa shape index (κ1) is 15.0. The molecule has 124 valence electrons. The van der Waals surface area contributed by atoms with E-state index in [2.05, 4.69) is 65.4 Å². The molecule has 0 aliphatic carbocycles. The molecular weight excluding hydrogens is 326 g/mol. The second-order valence-electron chi connectivity index (χ2n) is 6.73. The molecule has 0 saturated carbocycles. The average molecular weight is 345 g/mol. The van der Waals surface area contributed by atoms with E-state index in [4.69, 9.17) is 4.52 Å². The van der Waals surface area contributed by atoms with Gasteiger partial charge in [0.2, 0.25) is 0 Å². The van der Waals surface area contributed by atoms with Gasteiger partial charge in [-0.15, -0.1) is 11.8 Å². The molecule has 2 bridgehead atoms. The second kappa shape index (κ2) is 6.23. The van der Waals surface area contributed by atoms with Crippen LogP contribution in [0.5, 0.6) is 0 Å². The van der Waals surface area contributed by atoms with Crippen LogP contribution in [0.25, 0.3) is 22.4 Å². The maximum Gasteiger partial charge on any atom is 0.164 e. The first-order valence-corrected chi connectivity index (χ1v) is 9.79. The average Bonchev–Trinajstić information content (AvgIpc) is 3.31. The van der Waals surface area contributed by atoms with Crippen molar-refractivity contribution in [3.8, 4) is 11.3 Å². The van der Waals surface area contributed by atoms with Crippen LogP contribution in [0.15, 0.2) is 71.3 Å². The van der Waals surface area contributed by atoms with E-state index in [-0.39, 0.29) is 0 Å². The number of benzene rings is 2. The van der Waals surface area contributed by atoms with Crippen molar-refractivity contribution in [1.29, 1.82) is 0 Å². The highest BCUT2D eigenvalue weighted by atomic mass is 32.2.